The molecular weight excluding hydrogens is 453 g/mol. The number of hydrogen-bond donors (Lipinski definition) is 0. The van der Waals surface area contributed by atoms with Gasteiger partial charge in [-0.2, -0.15) is 4.31 Å². The van der Waals surface area contributed by atoms with E-state index < -0.39 is 10.0 Å². The number of carbonyl (C=O) groups excluding carboxylic acids is 1. The number of hydrogen-bond acceptors (Lipinski definition) is 4. The van der Waals surface area contributed by atoms with Gasteiger partial charge in [-0.15, -0.1) is 0 Å². The average Bonchev–Trinajstić information content (AvgIpc) is 2.88. The first-order valence-electron chi connectivity index (χ1n) is 11.4. The summed E-state index contributed by atoms with van der Waals surface area (Å²) in [5, 5.41) is 0. The smallest absolute Gasteiger partial charge is 0.258 e. The zero-order chi connectivity index (χ0) is 23.7. The molecule has 1 amide bonds. The van der Waals surface area contributed by atoms with E-state index in [1.54, 1.807) is 35.2 Å². The second-order valence-corrected chi connectivity index (χ2v) is 10.5. The van der Waals surface area contributed by atoms with Gasteiger partial charge in [0, 0.05) is 49.7 Å². The van der Waals surface area contributed by atoms with Crippen molar-refractivity contribution in [3.8, 4) is 0 Å². The van der Waals surface area contributed by atoms with Crippen LogP contribution < -0.4 is 9.80 Å². The molecule has 8 heteroatoms. The number of rotatable bonds is 4. The van der Waals surface area contributed by atoms with E-state index in [1.807, 2.05) is 29.2 Å². The van der Waals surface area contributed by atoms with Gasteiger partial charge in [0.2, 0.25) is 10.0 Å². The highest BCUT2D eigenvalue weighted by atomic mass is 32.2. The second-order valence-electron chi connectivity index (χ2n) is 8.58. The Morgan fingerprint density at radius 1 is 0.824 bits per heavy atom. The fourth-order valence-electron chi connectivity index (χ4n) is 4.68. The molecule has 0 aliphatic carbocycles. The molecule has 2 aliphatic heterocycles. The van der Waals surface area contributed by atoms with Gasteiger partial charge in [-0.05, 0) is 66.9 Å². The van der Waals surface area contributed by atoms with Gasteiger partial charge in [0.1, 0.15) is 5.82 Å². The number of para-hydroxylation sites is 1. The molecule has 0 radical (unpaired) electrons. The van der Waals surface area contributed by atoms with Gasteiger partial charge in [0.15, 0.2) is 0 Å². The summed E-state index contributed by atoms with van der Waals surface area (Å²) < 4.78 is 41.4. The highest BCUT2D eigenvalue weighted by molar-refractivity contribution is 7.89. The van der Waals surface area contributed by atoms with Crippen LogP contribution in [0.2, 0.25) is 0 Å². The molecule has 0 aromatic heterocycles. The molecule has 2 aliphatic rings. The van der Waals surface area contributed by atoms with Gasteiger partial charge in [-0.3, -0.25) is 4.79 Å². The van der Waals surface area contributed by atoms with Gasteiger partial charge in [0.05, 0.1) is 4.90 Å². The third kappa shape index (κ3) is 4.31. The normalized spacial score (nSPS) is 16.9. The summed E-state index contributed by atoms with van der Waals surface area (Å²) in [7, 11) is -3.75. The molecule has 2 heterocycles. The van der Waals surface area contributed by atoms with E-state index in [4.69, 9.17) is 0 Å². The number of sulfonamides is 1. The fraction of sp³-hybridized carbons (Fsp3) is 0.269. The van der Waals surface area contributed by atoms with Crippen LogP contribution in [0.1, 0.15) is 22.3 Å². The molecule has 1 saturated heterocycles. The summed E-state index contributed by atoms with van der Waals surface area (Å²) in [6.45, 7) is 2.26. The van der Waals surface area contributed by atoms with Crippen LogP contribution in [0.25, 0.3) is 0 Å². The van der Waals surface area contributed by atoms with Crippen molar-refractivity contribution in [2.75, 3.05) is 42.5 Å². The number of fused-ring (bicyclic) bond motifs is 1. The van der Waals surface area contributed by atoms with E-state index in [-0.39, 0.29) is 16.6 Å². The van der Waals surface area contributed by atoms with Gasteiger partial charge >= 0.3 is 0 Å². The Hall–Kier alpha value is -3.23. The Bertz CT molecular complexity index is 1300. The molecule has 3 aromatic rings. The SMILES string of the molecule is O=C(c1cccc(S(=O)(=O)N2CCN(c3ccc(F)cc3)CC2)c1)N1CCCc2ccccc21. The maximum Gasteiger partial charge on any atom is 0.258 e. The lowest BCUT2D eigenvalue weighted by Gasteiger charge is -2.35. The Morgan fingerprint density at radius 2 is 1.56 bits per heavy atom. The second kappa shape index (κ2) is 9.19. The Labute approximate surface area is 199 Å². The maximum absolute atomic E-state index is 13.4. The summed E-state index contributed by atoms with van der Waals surface area (Å²) >= 11 is 0. The van der Waals surface area contributed by atoms with Gasteiger partial charge in [-0.1, -0.05) is 24.3 Å². The summed E-state index contributed by atoms with van der Waals surface area (Å²) in [5.74, 6) is -0.488. The zero-order valence-electron chi connectivity index (χ0n) is 18.7. The molecule has 0 unspecified atom stereocenters. The van der Waals surface area contributed by atoms with Gasteiger partial charge in [0.25, 0.3) is 5.91 Å². The highest BCUT2D eigenvalue weighted by Crippen LogP contribution is 2.29. The van der Waals surface area contributed by atoms with Crippen LogP contribution in [0, 0.1) is 5.82 Å². The van der Waals surface area contributed by atoms with Crippen LogP contribution in [-0.2, 0) is 16.4 Å². The lowest BCUT2D eigenvalue weighted by Crippen LogP contribution is -2.48. The number of halogens is 1. The molecule has 0 N–H and O–H groups in total. The van der Waals surface area contributed by atoms with E-state index in [0.29, 0.717) is 38.3 Å². The molecule has 176 valence electrons. The first kappa shape index (κ1) is 22.6. The van der Waals surface area contributed by atoms with E-state index in [0.717, 1.165) is 29.8 Å². The number of amides is 1. The van der Waals surface area contributed by atoms with Gasteiger partial charge in [-0.25, -0.2) is 12.8 Å². The lowest BCUT2D eigenvalue weighted by molar-refractivity contribution is 0.0985. The number of nitrogens with zero attached hydrogens (tertiary/aromatic N) is 3. The number of carbonyl (C=O) groups is 1. The van der Waals surface area contributed by atoms with Crippen LogP contribution in [0.4, 0.5) is 15.8 Å². The summed E-state index contributed by atoms with van der Waals surface area (Å²) in [4.78, 5) is 17.2. The minimum absolute atomic E-state index is 0.124. The molecule has 3 aromatic carbocycles. The summed E-state index contributed by atoms with van der Waals surface area (Å²) in [6, 6.07) is 20.4. The summed E-state index contributed by atoms with van der Waals surface area (Å²) in [5.41, 5.74) is 3.25. The van der Waals surface area contributed by atoms with E-state index in [9.17, 15) is 17.6 Å². The van der Waals surface area contributed by atoms with Crippen molar-refractivity contribution in [3.05, 3.63) is 89.7 Å². The predicted octanol–water partition coefficient (Wildman–Crippen LogP) is 3.93. The molecule has 0 atom stereocenters. The molecule has 0 bridgehead atoms. The van der Waals surface area contributed by atoms with Crippen LogP contribution in [-0.4, -0.2) is 51.4 Å². The molecular formula is C26H26FN3O3S. The zero-order valence-corrected chi connectivity index (χ0v) is 19.5. The molecule has 34 heavy (non-hydrogen) atoms. The van der Waals surface area contributed by atoms with E-state index >= 15 is 0 Å². The van der Waals surface area contributed by atoms with Gasteiger partial charge < -0.3 is 9.80 Å². The van der Waals surface area contributed by atoms with E-state index in [2.05, 4.69) is 0 Å². The van der Waals surface area contributed by atoms with E-state index in [1.165, 1.54) is 22.5 Å². The van der Waals surface area contributed by atoms with Crippen molar-refractivity contribution >= 4 is 27.3 Å². The van der Waals surface area contributed by atoms with Crippen LogP contribution in [0.5, 0.6) is 0 Å². The largest absolute Gasteiger partial charge is 0.369 e. The third-order valence-corrected chi connectivity index (χ3v) is 8.40. The molecule has 1 fully saturated rings. The number of anilines is 2. The highest BCUT2D eigenvalue weighted by Gasteiger charge is 2.30. The van der Waals surface area contributed by atoms with Crippen molar-refractivity contribution < 1.29 is 17.6 Å². The number of benzene rings is 3. The van der Waals surface area contributed by atoms with Crippen LogP contribution in [0.15, 0.2) is 77.7 Å². The van der Waals surface area contributed by atoms with Crippen LogP contribution >= 0.6 is 0 Å². The average molecular weight is 480 g/mol. The fourth-order valence-corrected chi connectivity index (χ4v) is 6.15. The van der Waals surface area contributed by atoms with Crippen molar-refractivity contribution in [1.82, 2.24) is 4.31 Å². The lowest BCUT2D eigenvalue weighted by atomic mass is 10.0. The number of aryl methyl sites for hydroxylation is 1. The quantitative estimate of drug-likeness (QED) is 0.569. The maximum atomic E-state index is 13.4. The molecule has 5 rings (SSSR count). The number of piperazine rings is 1. The minimum Gasteiger partial charge on any atom is -0.369 e. The minimum atomic E-state index is -3.75. The Balaban J connectivity index is 1.33. The topological polar surface area (TPSA) is 60.9 Å². The van der Waals surface area contributed by atoms with Crippen molar-refractivity contribution in [1.29, 1.82) is 0 Å². The molecule has 6 nitrogen and oxygen atoms in total. The van der Waals surface area contributed by atoms with Crippen molar-refractivity contribution in [2.45, 2.75) is 17.7 Å². The molecule has 0 spiro atoms. The Morgan fingerprint density at radius 3 is 2.32 bits per heavy atom. The predicted molar refractivity (Wildman–Crippen MR) is 130 cm³/mol. The van der Waals surface area contributed by atoms with Crippen molar-refractivity contribution in [2.24, 2.45) is 0 Å². The van der Waals surface area contributed by atoms with Crippen LogP contribution in [0.3, 0.4) is 0 Å². The van der Waals surface area contributed by atoms with Crippen molar-refractivity contribution in [3.63, 3.8) is 0 Å². The monoisotopic (exact) mass is 479 g/mol. The third-order valence-electron chi connectivity index (χ3n) is 6.50. The standard InChI is InChI=1S/C26H26FN3O3S/c27-22-10-12-23(13-11-22)28-15-17-29(18-16-28)34(32,33)24-8-3-6-21(19-24)26(31)30-14-4-7-20-5-1-2-9-25(20)30/h1-3,5-6,8-13,19H,4,7,14-18H2. The first-order chi connectivity index (χ1) is 16.4. The molecule has 0 saturated carbocycles. The first-order valence-corrected chi connectivity index (χ1v) is 12.9. The summed E-state index contributed by atoms with van der Waals surface area (Å²) in [6.07, 6.45) is 1.80. The Kier molecular flexibility index (Phi) is 6.10.